The standard InChI is InChI=1S/C21H27N7O2/c1-4-22-21(24-14-19-26-25-18-10-5-6-11-28(18)19)23-13-16-8-7-9-17(12-16)30-15-20(29)27(2)3/h5-12H,4,13-15H2,1-3H3,(H2,22,23,24). The number of carbonyl (C=O) groups excluding carboxylic acids is 1. The van der Waals surface area contributed by atoms with Crippen molar-refractivity contribution in [1.29, 1.82) is 0 Å². The molecule has 0 fully saturated rings. The lowest BCUT2D eigenvalue weighted by Gasteiger charge is -2.12. The van der Waals surface area contributed by atoms with Crippen LogP contribution in [0.1, 0.15) is 18.3 Å². The zero-order valence-corrected chi connectivity index (χ0v) is 17.5. The molecule has 0 aliphatic heterocycles. The van der Waals surface area contributed by atoms with Gasteiger partial charge in [0.25, 0.3) is 5.91 Å². The lowest BCUT2D eigenvalue weighted by atomic mass is 10.2. The summed E-state index contributed by atoms with van der Waals surface area (Å²) in [6.07, 6.45) is 1.93. The Morgan fingerprint density at radius 2 is 2.03 bits per heavy atom. The second kappa shape index (κ2) is 10.2. The highest BCUT2D eigenvalue weighted by Gasteiger charge is 2.07. The van der Waals surface area contributed by atoms with Crippen molar-refractivity contribution in [3.8, 4) is 5.75 Å². The molecule has 2 heterocycles. The van der Waals surface area contributed by atoms with Gasteiger partial charge in [-0.3, -0.25) is 9.20 Å². The van der Waals surface area contributed by atoms with Crippen molar-refractivity contribution < 1.29 is 9.53 Å². The number of fused-ring (bicyclic) bond motifs is 1. The Morgan fingerprint density at radius 3 is 2.83 bits per heavy atom. The fourth-order valence-corrected chi connectivity index (χ4v) is 2.69. The molecule has 30 heavy (non-hydrogen) atoms. The Bertz CT molecular complexity index is 1010. The van der Waals surface area contributed by atoms with Gasteiger partial charge in [0.1, 0.15) is 5.75 Å². The molecule has 1 aromatic carbocycles. The summed E-state index contributed by atoms with van der Waals surface area (Å²) in [6.45, 7) is 3.72. The second-order valence-corrected chi connectivity index (χ2v) is 6.82. The zero-order valence-electron chi connectivity index (χ0n) is 17.5. The van der Waals surface area contributed by atoms with E-state index in [4.69, 9.17) is 4.74 Å². The number of benzene rings is 1. The molecule has 2 N–H and O–H groups in total. The van der Waals surface area contributed by atoms with E-state index in [2.05, 4.69) is 25.8 Å². The minimum absolute atomic E-state index is 0.0101. The van der Waals surface area contributed by atoms with Crippen molar-refractivity contribution in [1.82, 2.24) is 30.1 Å². The molecule has 0 aliphatic rings. The number of pyridine rings is 1. The smallest absolute Gasteiger partial charge is 0.259 e. The number of carbonyl (C=O) groups is 1. The number of hydrogen-bond acceptors (Lipinski definition) is 5. The predicted molar refractivity (Wildman–Crippen MR) is 115 cm³/mol. The molecule has 0 radical (unpaired) electrons. The Morgan fingerprint density at radius 1 is 1.17 bits per heavy atom. The average Bonchev–Trinajstić information content (AvgIpc) is 3.17. The van der Waals surface area contributed by atoms with Crippen LogP contribution in [0.5, 0.6) is 5.75 Å². The molecule has 0 unspecified atom stereocenters. The molecule has 3 rings (SSSR count). The average molecular weight is 409 g/mol. The molecule has 0 saturated heterocycles. The van der Waals surface area contributed by atoms with Crippen LogP contribution in [0.3, 0.4) is 0 Å². The summed E-state index contributed by atoms with van der Waals surface area (Å²) < 4.78 is 7.51. The van der Waals surface area contributed by atoms with Crippen molar-refractivity contribution in [3.05, 3.63) is 60.0 Å². The minimum atomic E-state index is -0.0851. The van der Waals surface area contributed by atoms with Crippen LogP contribution in [-0.4, -0.2) is 58.6 Å². The van der Waals surface area contributed by atoms with Gasteiger partial charge in [-0.1, -0.05) is 18.2 Å². The van der Waals surface area contributed by atoms with Crippen LogP contribution in [0.2, 0.25) is 0 Å². The number of rotatable bonds is 8. The molecule has 158 valence electrons. The lowest BCUT2D eigenvalue weighted by molar-refractivity contribution is -0.130. The molecular weight excluding hydrogens is 382 g/mol. The third-order valence-electron chi connectivity index (χ3n) is 4.32. The quantitative estimate of drug-likeness (QED) is 0.432. The van der Waals surface area contributed by atoms with Crippen LogP contribution < -0.4 is 15.4 Å². The van der Waals surface area contributed by atoms with Gasteiger partial charge in [0.2, 0.25) is 0 Å². The number of nitrogens with zero attached hydrogens (tertiary/aromatic N) is 5. The minimum Gasteiger partial charge on any atom is -0.484 e. The zero-order chi connectivity index (χ0) is 21.3. The SMILES string of the molecule is CCNC(=NCc1cccc(OCC(=O)N(C)C)c1)NCc1nnc2ccccn12. The van der Waals surface area contributed by atoms with Crippen molar-refractivity contribution >= 4 is 17.5 Å². The Balaban J connectivity index is 1.61. The summed E-state index contributed by atoms with van der Waals surface area (Å²) in [4.78, 5) is 17.8. The molecular formula is C21H27N7O2. The van der Waals surface area contributed by atoms with Gasteiger partial charge in [-0.15, -0.1) is 10.2 Å². The van der Waals surface area contributed by atoms with E-state index in [9.17, 15) is 4.79 Å². The van der Waals surface area contributed by atoms with Crippen molar-refractivity contribution in [2.24, 2.45) is 4.99 Å². The van der Waals surface area contributed by atoms with Gasteiger partial charge in [-0.2, -0.15) is 0 Å². The third kappa shape index (κ3) is 5.69. The van der Waals surface area contributed by atoms with Crippen LogP contribution in [0.4, 0.5) is 0 Å². The molecule has 9 nitrogen and oxygen atoms in total. The maximum absolute atomic E-state index is 11.7. The van der Waals surface area contributed by atoms with Gasteiger partial charge in [0, 0.05) is 26.8 Å². The maximum atomic E-state index is 11.7. The van der Waals surface area contributed by atoms with Gasteiger partial charge in [0.05, 0.1) is 13.1 Å². The first-order valence-corrected chi connectivity index (χ1v) is 9.79. The van der Waals surface area contributed by atoms with Crippen molar-refractivity contribution in [2.45, 2.75) is 20.0 Å². The van der Waals surface area contributed by atoms with E-state index in [0.29, 0.717) is 24.8 Å². The Kier molecular flexibility index (Phi) is 7.20. The van der Waals surface area contributed by atoms with E-state index < -0.39 is 0 Å². The van der Waals surface area contributed by atoms with Gasteiger partial charge < -0.3 is 20.3 Å². The number of guanidine groups is 1. The first-order valence-electron chi connectivity index (χ1n) is 9.79. The van der Waals surface area contributed by atoms with E-state index >= 15 is 0 Å². The normalized spacial score (nSPS) is 11.4. The highest BCUT2D eigenvalue weighted by Crippen LogP contribution is 2.14. The first-order chi connectivity index (χ1) is 14.6. The molecule has 0 aliphatic carbocycles. The summed E-state index contributed by atoms with van der Waals surface area (Å²) in [7, 11) is 3.41. The second-order valence-electron chi connectivity index (χ2n) is 6.82. The lowest BCUT2D eigenvalue weighted by Crippen LogP contribution is -2.37. The summed E-state index contributed by atoms with van der Waals surface area (Å²) in [6, 6.07) is 13.4. The fraction of sp³-hybridized carbons (Fsp3) is 0.333. The van der Waals surface area contributed by atoms with Crippen LogP contribution in [0.15, 0.2) is 53.7 Å². The molecule has 1 amide bonds. The molecule has 0 atom stereocenters. The van der Waals surface area contributed by atoms with Crippen molar-refractivity contribution in [3.63, 3.8) is 0 Å². The van der Waals surface area contributed by atoms with Gasteiger partial charge >= 0.3 is 0 Å². The van der Waals surface area contributed by atoms with Gasteiger partial charge in [-0.25, -0.2) is 4.99 Å². The molecule has 9 heteroatoms. The first kappa shape index (κ1) is 21.1. The van der Waals surface area contributed by atoms with E-state index in [1.54, 1.807) is 14.1 Å². The van der Waals surface area contributed by atoms with E-state index in [-0.39, 0.29) is 12.5 Å². The third-order valence-corrected chi connectivity index (χ3v) is 4.32. The van der Waals surface area contributed by atoms with E-state index in [1.807, 2.05) is 60.0 Å². The highest BCUT2D eigenvalue weighted by molar-refractivity contribution is 5.79. The number of likely N-dealkylation sites (N-methyl/N-ethyl adjacent to an activating group) is 1. The predicted octanol–water partition coefficient (Wildman–Crippen LogP) is 1.45. The Labute approximate surface area is 175 Å². The van der Waals surface area contributed by atoms with Crippen LogP contribution >= 0.6 is 0 Å². The fourth-order valence-electron chi connectivity index (χ4n) is 2.69. The topological polar surface area (TPSA) is 96.2 Å². The van der Waals surface area contributed by atoms with Gasteiger partial charge in [0.15, 0.2) is 24.0 Å². The number of ether oxygens (including phenoxy) is 1. The monoisotopic (exact) mass is 409 g/mol. The van der Waals surface area contributed by atoms with Crippen LogP contribution in [-0.2, 0) is 17.9 Å². The van der Waals surface area contributed by atoms with Crippen molar-refractivity contribution in [2.75, 3.05) is 27.2 Å². The van der Waals surface area contributed by atoms with Crippen LogP contribution in [0.25, 0.3) is 5.65 Å². The number of amides is 1. The number of aliphatic imine (C=N–C) groups is 1. The number of aromatic nitrogens is 3. The van der Waals surface area contributed by atoms with E-state index in [1.165, 1.54) is 4.90 Å². The summed E-state index contributed by atoms with van der Waals surface area (Å²) in [5.74, 6) is 2.04. The molecule has 2 aromatic heterocycles. The molecule has 0 bridgehead atoms. The molecule has 3 aromatic rings. The maximum Gasteiger partial charge on any atom is 0.259 e. The number of hydrogen-bond donors (Lipinski definition) is 2. The summed E-state index contributed by atoms with van der Waals surface area (Å²) in [5.41, 5.74) is 1.79. The highest BCUT2D eigenvalue weighted by atomic mass is 16.5. The number of nitrogens with one attached hydrogen (secondary N) is 2. The van der Waals surface area contributed by atoms with Gasteiger partial charge in [-0.05, 0) is 36.8 Å². The summed E-state index contributed by atoms with van der Waals surface area (Å²) >= 11 is 0. The largest absolute Gasteiger partial charge is 0.484 e. The van der Waals surface area contributed by atoms with Crippen LogP contribution in [0, 0.1) is 0 Å². The summed E-state index contributed by atoms with van der Waals surface area (Å²) in [5, 5.41) is 14.9. The molecule has 0 spiro atoms. The van der Waals surface area contributed by atoms with E-state index in [0.717, 1.165) is 23.6 Å². The molecule has 0 saturated carbocycles. The Hall–Kier alpha value is -3.62.